The Balaban J connectivity index is 4.69. The molecule has 4 nitrogen and oxygen atoms in total. The van der Waals surface area contributed by atoms with Gasteiger partial charge in [0.05, 0.1) is 16.6 Å². The molecule has 0 saturated heterocycles. The van der Waals surface area contributed by atoms with Gasteiger partial charge >= 0.3 is 7.82 Å². The van der Waals surface area contributed by atoms with E-state index in [0.717, 1.165) is 0 Å². The van der Waals surface area contributed by atoms with Gasteiger partial charge in [-0.25, -0.2) is 4.57 Å². The maximum Gasteiger partial charge on any atom is 0.529 e. The minimum absolute atomic E-state index is 0.250. The summed E-state index contributed by atoms with van der Waals surface area (Å²) in [6.07, 6.45) is 1.25. The number of phosphoric acid groups is 1. The third-order valence-corrected chi connectivity index (χ3v) is 4.29. The summed E-state index contributed by atoms with van der Waals surface area (Å²) < 4.78 is 28.1. The van der Waals surface area contributed by atoms with E-state index in [4.69, 9.17) is 25.2 Å². The summed E-state index contributed by atoms with van der Waals surface area (Å²) >= 11 is 12.0. The molecule has 0 aromatic carbocycles. The van der Waals surface area contributed by atoms with Crippen molar-refractivity contribution >= 4 is 51.3 Å². The first-order valence-electron chi connectivity index (χ1n) is 5.17. The minimum atomic E-state index is -3.53. The maximum absolute atomic E-state index is 12.1. The fourth-order valence-electron chi connectivity index (χ4n) is 0.943. The molecule has 102 valence electrons. The van der Waals surface area contributed by atoms with Crippen molar-refractivity contribution in [2.75, 3.05) is 19.1 Å². The number of allylic oxidation sites excluding steroid dienone is 1. The van der Waals surface area contributed by atoms with Gasteiger partial charge < -0.3 is 4.52 Å². The van der Waals surface area contributed by atoms with Crippen LogP contribution < -0.4 is 0 Å². The molecule has 0 N–H and O–H groups in total. The van der Waals surface area contributed by atoms with Crippen LogP contribution >= 0.6 is 51.3 Å². The van der Waals surface area contributed by atoms with Gasteiger partial charge in [0, 0.05) is 12.3 Å². The molecule has 0 amide bonds. The zero-order chi connectivity index (χ0) is 13.3. The molecule has 0 saturated carbocycles. The second kappa shape index (κ2) is 9.82. The lowest BCUT2D eigenvalue weighted by Crippen LogP contribution is -2.01. The maximum atomic E-state index is 12.1. The van der Waals surface area contributed by atoms with Gasteiger partial charge in [-0.05, 0) is 52.1 Å². The predicted molar refractivity (Wildman–Crippen MR) is 76.8 cm³/mol. The predicted octanol–water partition coefficient (Wildman–Crippen LogP) is 5.16. The highest BCUT2D eigenvalue weighted by Crippen LogP contribution is 2.52. The van der Waals surface area contributed by atoms with E-state index < -0.39 is 7.82 Å². The molecule has 0 radical (unpaired) electrons. The second-order valence-electron chi connectivity index (χ2n) is 2.85. The molecule has 0 fully saturated rings. The minimum Gasteiger partial charge on any atom is -0.407 e. The smallest absolute Gasteiger partial charge is 0.407 e. The summed E-state index contributed by atoms with van der Waals surface area (Å²) in [6.45, 7) is 3.95. The highest BCUT2D eigenvalue weighted by atomic mass is 79.9. The van der Waals surface area contributed by atoms with Crippen LogP contribution in [-0.2, 0) is 18.1 Å². The Labute approximate surface area is 124 Å². The van der Waals surface area contributed by atoms with Gasteiger partial charge in [0.25, 0.3) is 0 Å². The van der Waals surface area contributed by atoms with E-state index in [9.17, 15) is 4.57 Å². The van der Waals surface area contributed by atoms with Crippen molar-refractivity contribution in [2.45, 2.75) is 26.7 Å². The highest BCUT2D eigenvalue weighted by molar-refractivity contribution is 9.28. The Kier molecular flexibility index (Phi) is 10.4. The van der Waals surface area contributed by atoms with Crippen LogP contribution in [0.5, 0.6) is 0 Å². The van der Waals surface area contributed by atoms with Crippen LogP contribution in [-0.4, -0.2) is 19.1 Å². The molecule has 0 heterocycles. The quantitative estimate of drug-likeness (QED) is 0.297. The molecule has 17 heavy (non-hydrogen) atoms. The van der Waals surface area contributed by atoms with Crippen molar-refractivity contribution in [3.63, 3.8) is 0 Å². The molecule has 0 spiro atoms. The standard InChI is InChI=1S/C9H16Br2ClO4P/c1-3-14-17(13,15-4-2)16-8(9(10)11)6-5-7-12/h3-7H2,1-2H3. The normalized spacial score (nSPS) is 11.4. The fourth-order valence-corrected chi connectivity index (χ4v) is 3.15. The van der Waals surface area contributed by atoms with Crippen molar-refractivity contribution in [1.82, 2.24) is 0 Å². The summed E-state index contributed by atoms with van der Waals surface area (Å²) in [4.78, 5) is 0. The van der Waals surface area contributed by atoms with Crippen LogP contribution in [0, 0.1) is 0 Å². The SMILES string of the molecule is CCOP(=O)(OCC)OC(CCCCl)=C(Br)Br. The molecular formula is C9H16Br2ClO4P. The van der Waals surface area contributed by atoms with Gasteiger partial charge in [-0.2, -0.15) is 0 Å². The fraction of sp³-hybridized carbons (Fsp3) is 0.778. The van der Waals surface area contributed by atoms with Gasteiger partial charge in [0.2, 0.25) is 0 Å². The zero-order valence-corrected chi connectivity index (χ0v) is 14.6. The number of hydrogen-bond donors (Lipinski definition) is 0. The van der Waals surface area contributed by atoms with E-state index in [-0.39, 0.29) is 13.2 Å². The van der Waals surface area contributed by atoms with E-state index in [2.05, 4.69) is 31.9 Å². The second-order valence-corrected chi connectivity index (χ2v) is 7.47. The van der Waals surface area contributed by atoms with Crippen molar-refractivity contribution in [3.05, 3.63) is 9.15 Å². The van der Waals surface area contributed by atoms with E-state index in [1.54, 1.807) is 13.8 Å². The van der Waals surface area contributed by atoms with Gasteiger partial charge in [-0.1, -0.05) is 0 Å². The lowest BCUT2D eigenvalue weighted by molar-refractivity contribution is 0.143. The van der Waals surface area contributed by atoms with Crippen LogP contribution in [0.1, 0.15) is 26.7 Å². The Bertz CT molecular complexity index is 285. The molecule has 0 atom stereocenters. The van der Waals surface area contributed by atoms with Gasteiger partial charge in [0.1, 0.15) is 5.76 Å². The van der Waals surface area contributed by atoms with Crippen LogP contribution in [0.3, 0.4) is 0 Å². The molecule has 0 aromatic rings. The van der Waals surface area contributed by atoms with Crippen molar-refractivity contribution in [2.24, 2.45) is 0 Å². The topological polar surface area (TPSA) is 44.8 Å². The Hall–Kier alpha value is 0.940. The summed E-state index contributed by atoms with van der Waals surface area (Å²) in [6, 6.07) is 0. The van der Waals surface area contributed by atoms with E-state index in [1.807, 2.05) is 0 Å². The Morgan fingerprint density at radius 1 is 1.24 bits per heavy atom. The van der Waals surface area contributed by atoms with Gasteiger partial charge in [0.15, 0.2) is 0 Å². The van der Waals surface area contributed by atoms with Gasteiger partial charge in [-0.15, -0.1) is 11.6 Å². The number of alkyl halides is 1. The Morgan fingerprint density at radius 2 is 1.76 bits per heavy atom. The number of hydrogen-bond acceptors (Lipinski definition) is 4. The summed E-state index contributed by atoms with van der Waals surface area (Å²) in [7, 11) is -3.53. The van der Waals surface area contributed by atoms with Crippen LogP contribution in [0.15, 0.2) is 9.15 Å². The van der Waals surface area contributed by atoms with E-state index >= 15 is 0 Å². The third kappa shape index (κ3) is 7.85. The molecule has 8 heteroatoms. The summed E-state index contributed by atoms with van der Waals surface area (Å²) in [5.74, 6) is 0.962. The van der Waals surface area contributed by atoms with E-state index in [1.165, 1.54) is 0 Å². The largest absolute Gasteiger partial charge is 0.529 e. The number of rotatable bonds is 9. The summed E-state index contributed by atoms with van der Waals surface area (Å²) in [5, 5.41) is 0. The molecule has 0 rings (SSSR count). The van der Waals surface area contributed by atoms with Crippen LogP contribution in [0.25, 0.3) is 0 Å². The van der Waals surface area contributed by atoms with Crippen molar-refractivity contribution in [3.8, 4) is 0 Å². The molecule has 0 bridgehead atoms. The first-order valence-corrected chi connectivity index (χ1v) is 8.76. The number of halogens is 3. The van der Waals surface area contributed by atoms with Crippen LogP contribution in [0.4, 0.5) is 0 Å². The lowest BCUT2D eigenvalue weighted by atomic mass is 10.3. The molecule has 0 aliphatic rings. The molecule has 0 aliphatic heterocycles. The average Bonchev–Trinajstić information content (AvgIpc) is 2.24. The van der Waals surface area contributed by atoms with Gasteiger partial charge in [-0.3, -0.25) is 9.05 Å². The average molecular weight is 414 g/mol. The third-order valence-electron chi connectivity index (χ3n) is 1.54. The summed E-state index contributed by atoms with van der Waals surface area (Å²) in [5.41, 5.74) is 0. The van der Waals surface area contributed by atoms with E-state index in [0.29, 0.717) is 27.9 Å². The monoisotopic (exact) mass is 412 g/mol. The highest BCUT2D eigenvalue weighted by Gasteiger charge is 2.28. The molecule has 0 unspecified atom stereocenters. The number of phosphoric ester groups is 1. The van der Waals surface area contributed by atoms with Crippen LogP contribution in [0.2, 0.25) is 0 Å². The first-order chi connectivity index (χ1) is 7.99. The molecule has 0 aliphatic carbocycles. The first kappa shape index (κ1) is 17.9. The Morgan fingerprint density at radius 3 is 2.12 bits per heavy atom. The molecular weight excluding hydrogens is 398 g/mol. The van der Waals surface area contributed by atoms with Crippen molar-refractivity contribution in [1.29, 1.82) is 0 Å². The van der Waals surface area contributed by atoms with Crippen molar-refractivity contribution < 1.29 is 18.1 Å². The molecule has 0 aromatic heterocycles. The zero-order valence-electron chi connectivity index (χ0n) is 9.75. The lowest BCUT2D eigenvalue weighted by Gasteiger charge is -2.19.